The van der Waals surface area contributed by atoms with E-state index in [9.17, 15) is 13.2 Å². The summed E-state index contributed by atoms with van der Waals surface area (Å²) < 4.78 is 22.4. The fraction of sp³-hybridized carbons (Fsp3) is 0.125. The van der Waals surface area contributed by atoms with Crippen LogP contribution in [0.3, 0.4) is 0 Å². The van der Waals surface area contributed by atoms with Gasteiger partial charge in [0, 0.05) is 24.7 Å². The molecule has 0 aliphatic rings. The minimum absolute atomic E-state index is 0.0717. The first kappa shape index (κ1) is 18.1. The van der Waals surface area contributed by atoms with Crippen LogP contribution < -0.4 is 15.8 Å². The first-order chi connectivity index (χ1) is 11.3. The number of rotatable bonds is 5. The molecule has 126 valence electrons. The van der Waals surface area contributed by atoms with E-state index in [0.717, 1.165) is 11.1 Å². The van der Waals surface area contributed by atoms with Gasteiger partial charge in [-0.25, -0.2) is 13.6 Å². The normalized spacial score (nSPS) is 10.9. The van der Waals surface area contributed by atoms with Crippen LogP contribution >= 0.6 is 12.2 Å². The average molecular weight is 363 g/mol. The second-order valence-corrected chi connectivity index (χ2v) is 7.10. The fourth-order valence-corrected chi connectivity index (χ4v) is 2.71. The van der Waals surface area contributed by atoms with Crippen LogP contribution in [0.15, 0.2) is 53.4 Å². The second-order valence-electron chi connectivity index (χ2n) is 5.13. The summed E-state index contributed by atoms with van der Waals surface area (Å²) in [5.41, 5.74) is 2.40. The quantitative estimate of drug-likeness (QED) is 0.703. The van der Waals surface area contributed by atoms with Gasteiger partial charge in [-0.15, -0.1) is 0 Å². The minimum Gasteiger partial charge on any atom is -0.372 e. The number of nitrogens with two attached hydrogens (primary N) is 1. The van der Waals surface area contributed by atoms with Gasteiger partial charge in [0.2, 0.25) is 15.9 Å². The van der Waals surface area contributed by atoms with Crippen molar-refractivity contribution >= 4 is 38.8 Å². The van der Waals surface area contributed by atoms with Crippen molar-refractivity contribution in [2.45, 2.75) is 18.4 Å². The van der Waals surface area contributed by atoms with Gasteiger partial charge in [-0.3, -0.25) is 4.79 Å². The Morgan fingerprint density at radius 3 is 2.17 bits per heavy atom. The maximum absolute atomic E-state index is 11.2. The van der Waals surface area contributed by atoms with E-state index in [2.05, 4.69) is 10.6 Å². The van der Waals surface area contributed by atoms with E-state index in [1.807, 2.05) is 12.1 Å². The highest BCUT2D eigenvalue weighted by Gasteiger charge is 2.07. The summed E-state index contributed by atoms with van der Waals surface area (Å²) in [5, 5.41) is 10.8. The Morgan fingerprint density at radius 1 is 1.08 bits per heavy atom. The third-order valence-electron chi connectivity index (χ3n) is 3.17. The van der Waals surface area contributed by atoms with Crippen molar-refractivity contribution in [3.63, 3.8) is 0 Å². The van der Waals surface area contributed by atoms with E-state index >= 15 is 0 Å². The number of primary sulfonamides is 1. The molecule has 0 saturated heterocycles. The highest BCUT2D eigenvalue weighted by molar-refractivity contribution is 7.89. The van der Waals surface area contributed by atoms with E-state index in [4.69, 9.17) is 17.4 Å². The van der Waals surface area contributed by atoms with Crippen molar-refractivity contribution < 1.29 is 13.2 Å². The van der Waals surface area contributed by atoms with Gasteiger partial charge >= 0.3 is 0 Å². The Kier molecular flexibility index (Phi) is 5.66. The third-order valence-corrected chi connectivity index (χ3v) is 4.48. The smallest absolute Gasteiger partial charge is 0.238 e. The van der Waals surface area contributed by atoms with E-state index in [0.29, 0.717) is 17.2 Å². The molecule has 2 aromatic rings. The molecule has 0 aromatic heterocycles. The van der Waals surface area contributed by atoms with Gasteiger partial charge in [0.15, 0.2) is 0 Å². The van der Waals surface area contributed by atoms with Gasteiger partial charge < -0.3 is 10.6 Å². The van der Waals surface area contributed by atoms with E-state index < -0.39 is 10.0 Å². The fourth-order valence-electron chi connectivity index (χ4n) is 1.99. The molecule has 2 rings (SSSR count). The summed E-state index contributed by atoms with van der Waals surface area (Å²) in [5.74, 6) is -0.133. The Balaban J connectivity index is 1.96. The van der Waals surface area contributed by atoms with E-state index in [-0.39, 0.29) is 10.8 Å². The molecule has 0 saturated carbocycles. The number of carbonyl (C=O) groups is 1. The molecule has 2 aromatic carbocycles. The van der Waals surface area contributed by atoms with Crippen molar-refractivity contribution in [3.8, 4) is 0 Å². The molecule has 0 radical (unpaired) electrons. The number of amides is 1. The van der Waals surface area contributed by atoms with Gasteiger partial charge in [-0.05, 0) is 42.0 Å². The summed E-state index contributed by atoms with van der Waals surface area (Å²) in [6, 6.07) is 13.4. The number of benzene rings is 2. The van der Waals surface area contributed by atoms with Crippen LogP contribution in [0.25, 0.3) is 0 Å². The highest BCUT2D eigenvalue weighted by Crippen LogP contribution is 2.11. The number of hydrogen-bond donors (Lipinski definition) is 3. The van der Waals surface area contributed by atoms with Crippen LogP contribution in [-0.4, -0.2) is 19.3 Å². The first-order valence-electron chi connectivity index (χ1n) is 7.03. The van der Waals surface area contributed by atoms with Crippen molar-refractivity contribution in [2.24, 2.45) is 5.14 Å². The molecule has 0 unspecified atom stereocenters. The van der Waals surface area contributed by atoms with Crippen molar-refractivity contribution in [1.82, 2.24) is 5.32 Å². The maximum Gasteiger partial charge on any atom is 0.238 e. The summed E-state index contributed by atoms with van der Waals surface area (Å²) in [6.07, 6.45) is 0. The molecule has 0 bridgehead atoms. The summed E-state index contributed by atoms with van der Waals surface area (Å²) in [6.45, 7) is 1.90. The summed E-state index contributed by atoms with van der Waals surface area (Å²) in [7, 11) is -3.68. The van der Waals surface area contributed by atoms with Crippen molar-refractivity contribution in [2.75, 3.05) is 5.32 Å². The maximum atomic E-state index is 11.2. The standard InChI is InChI=1S/C16H17N3O3S2/c1-11(20)19-14-6-4-13(5-7-14)16(23)18-10-12-2-8-15(9-3-12)24(17,21)22/h2-9H,10H2,1H3,(H,18,23)(H,19,20)(H2,17,21,22). The predicted octanol–water partition coefficient (Wildman–Crippen LogP) is 1.76. The van der Waals surface area contributed by atoms with Gasteiger partial charge in [-0.1, -0.05) is 24.4 Å². The lowest BCUT2D eigenvalue weighted by Gasteiger charge is -2.09. The predicted molar refractivity (Wildman–Crippen MR) is 97.1 cm³/mol. The van der Waals surface area contributed by atoms with E-state index in [1.54, 1.807) is 24.3 Å². The van der Waals surface area contributed by atoms with Crippen LogP contribution in [0.2, 0.25) is 0 Å². The van der Waals surface area contributed by atoms with E-state index in [1.165, 1.54) is 19.1 Å². The van der Waals surface area contributed by atoms with Crippen molar-refractivity contribution in [3.05, 3.63) is 59.7 Å². The van der Waals surface area contributed by atoms with Gasteiger partial charge in [0.1, 0.15) is 4.99 Å². The number of carbonyl (C=O) groups excluding carboxylic acids is 1. The highest BCUT2D eigenvalue weighted by atomic mass is 32.2. The SMILES string of the molecule is CC(=O)Nc1ccc(C(=S)NCc2ccc(S(N)(=O)=O)cc2)cc1. The molecule has 4 N–H and O–H groups in total. The number of thiocarbonyl (C=S) groups is 1. The topological polar surface area (TPSA) is 101 Å². The molecule has 0 aliphatic heterocycles. The van der Waals surface area contributed by atoms with Gasteiger partial charge in [-0.2, -0.15) is 0 Å². The molecule has 24 heavy (non-hydrogen) atoms. The molecular formula is C16H17N3O3S2. The number of sulfonamides is 1. The number of hydrogen-bond acceptors (Lipinski definition) is 4. The lowest BCUT2D eigenvalue weighted by molar-refractivity contribution is -0.114. The van der Waals surface area contributed by atoms with Crippen LogP contribution in [0.4, 0.5) is 5.69 Å². The Morgan fingerprint density at radius 2 is 1.67 bits per heavy atom. The largest absolute Gasteiger partial charge is 0.372 e. The molecule has 0 atom stereocenters. The molecule has 1 amide bonds. The zero-order valence-corrected chi connectivity index (χ0v) is 14.6. The molecule has 0 fully saturated rings. The molecule has 0 aliphatic carbocycles. The molecule has 6 nitrogen and oxygen atoms in total. The van der Waals surface area contributed by atoms with Crippen LogP contribution in [0.5, 0.6) is 0 Å². The Bertz CT molecular complexity index is 845. The Labute approximate surface area is 146 Å². The lowest BCUT2D eigenvalue weighted by Crippen LogP contribution is -2.21. The zero-order chi connectivity index (χ0) is 17.7. The number of nitrogens with one attached hydrogen (secondary N) is 2. The molecular weight excluding hydrogens is 346 g/mol. The average Bonchev–Trinajstić information content (AvgIpc) is 2.52. The monoisotopic (exact) mass is 363 g/mol. The Hall–Kier alpha value is -2.29. The van der Waals surface area contributed by atoms with Gasteiger partial charge in [0.05, 0.1) is 4.90 Å². The third kappa shape index (κ3) is 5.12. The summed E-state index contributed by atoms with van der Waals surface area (Å²) in [4.78, 5) is 11.6. The van der Waals surface area contributed by atoms with Crippen LogP contribution in [-0.2, 0) is 21.4 Å². The molecule has 0 spiro atoms. The second kappa shape index (κ2) is 7.52. The number of anilines is 1. The first-order valence-corrected chi connectivity index (χ1v) is 8.99. The van der Waals surface area contributed by atoms with Gasteiger partial charge in [0.25, 0.3) is 0 Å². The van der Waals surface area contributed by atoms with Crippen LogP contribution in [0, 0.1) is 0 Å². The van der Waals surface area contributed by atoms with Crippen LogP contribution in [0.1, 0.15) is 18.1 Å². The molecule has 8 heteroatoms. The van der Waals surface area contributed by atoms with Crippen molar-refractivity contribution in [1.29, 1.82) is 0 Å². The lowest BCUT2D eigenvalue weighted by atomic mass is 10.2. The zero-order valence-electron chi connectivity index (χ0n) is 12.9. The summed E-state index contributed by atoms with van der Waals surface area (Å²) >= 11 is 5.32. The molecule has 0 heterocycles. The minimum atomic E-state index is -3.68.